The summed E-state index contributed by atoms with van der Waals surface area (Å²) in [7, 11) is 0. The lowest BCUT2D eigenvalue weighted by atomic mass is 10.2. The molecule has 0 atom stereocenters. The van der Waals surface area contributed by atoms with Crippen molar-refractivity contribution in [2.75, 3.05) is 32.6 Å². The molecule has 4 heteroatoms. The minimum absolute atomic E-state index is 0.126. The average Bonchev–Trinajstić information content (AvgIpc) is 2.30. The molecule has 0 saturated carbocycles. The zero-order valence-corrected chi connectivity index (χ0v) is 10.4. The summed E-state index contributed by atoms with van der Waals surface area (Å²) in [6.07, 6.45) is 2.06. The molecular formula is C12H19NO2S. The van der Waals surface area contributed by atoms with Gasteiger partial charge in [0.2, 0.25) is 0 Å². The molecule has 0 heterocycles. The quantitative estimate of drug-likeness (QED) is 0.704. The highest BCUT2D eigenvalue weighted by molar-refractivity contribution is 7.98. The molecule has 1 aromatic carbocycles. The normalized spacial score (nSPS) is 11.0. The van der Waals surface area contributed by atoms with Gasteiger partial charge in [0.15, 0.2) is 0 Å². The highest BCUT2D eigenvalue weighted by atomic mass is 32.2. The third kappa shape index (κ3) is 4.14. The summed E-state index contributed by atoms with van der Waals surface area (Å²) in [5.74, 6) is 0. The first kappa shape index (κ1) is 13.5. The van der Waals surface area contributed by atoms with Gasteiger partial charge < -0.3 is 10.2 Å². The lowest BCUT2D eigenvalue weighted by Gasteiger charge is -2.21. The molecule has 0 aliphatic rings. The van der Waals surface area contributed by atoms with Crippen LogP contribution in [0.3, 0.4) is 0 Å². The van der Waals surface area contributed by atoms with Crippen molar-refractivity contribution in [2.45, 2.75) is 11.4 Å². The van der Waals surface area contributed by atoms with Gasteiger partial charge in [-0.2, -0.15) is 0 Å². The van der Waals surface area contributed by atoms with Crippen LogP contribution in [-0.2, 0) is 6.54 Å². The third-order valence-electron chi connectivity index (χ3n) is 2.42. The molecule has 0 aliphatic carbocycles. The molecule has 1 rings (SSSR count). The van der Waals surface area contributed by atoms with E-state index >= 15 is 0 Å². The smallest absolute Gasteiger partial charge is 0.0558 e. The van der Waals surface area contributed by atoms with Crippen molar-refractivity contribution in [1.82, 2.24) is 4.90 Å². The predicted molar refractivity (Wildman–Crippen MR) is 67.7 cm³/mol. The van der Waals surface area contributed by atoms with Crippen LogP contribution < -0.4 is 0 Å². The van der Waals surface area contributed by atoms with E-state index in [0.29, 0.717) is 13.1 Å². The number of hydrogen-bond acceptors (Lipinski definition) is 4. The van der Waals surface area contributed by atoms with E-state index in [9.17, 15) is 0 Å². The van der Waals surface area contributed by atoms with Crippen molar-refractivity contribution in [3.8, 4) is 0 Å². The van der Waals surface area contributed by atoms with Gasteiger partial charge in [0.25, 0.3) is 0 Å². The van der Waals surface area contributed by atoms with E-state index in [1.165, 1.54) is 10.5 Å². The minimum atomic E-state index is 0.126. The standard InChI is InChI=1S/C12H19NO2S/c1-16-12-5-3-2-4-11(12)10-13(6-8-14)7-9-15/h2-5,14-15H,6-10H2,1H3. The van der Waals surface area contributed by atoms with E-state index in [2.05, 4.69) is 23.3 Å². The Hall–Kier alpha value is -0.550. The second kappa shape index (κ2) is 7.68. The Balaban J connectivity index is 2.67. The second-order valence-electron chi connectivity index (χ2n) is 3.54. The number of rotatable bonds is 7. The Morgan fingerprint density at radius 3 is 2.31 bits per heavy atom. The van der Waals surface area contributed by atoms with Crippen LogP contribution >= 0.6 is 11.8 Å². The molecule has 3 nitrogen and oxygen atoms in total. The van der Waals surface area contributed by atoms with Crippen molar-refractivity contribution < 1.29 is 10.2 Å². The summed E-state index contributed by atoms with van der Waals surface area (Å²) in [6, 6.07) is 8.23. The van der Waals surface area contributed by atoms with E-state index in [1.54, 1.807) is 11.8 Å². The van der Waals surface area contributed by atoms with Gasteiger partial charge in [-0.25, -0.2) is 0 Å². The van der Waals surface area contributed by atoms with Gasteiger partial charge in [-0.15, -0.1) is 11.8 Å². The first-order valence-electron chi connectivity index (χ1n) is 5.37. The Kier molecular flexibility index (Phi) is 6.49. The summed E-state index contributed by atoms with van der Waals surface area (Å²) in [5.41, 5.74) is 1.25. The molecule has 16 heavy (non-hydrogen) atoms. The number of benzene rings is 1. The topological polar surface area (TPSA) is 43.7 Å². The predicted octanol–water partition coefficient (Wildman–Crippen LogP) is 1.20. The van der Waals surface area contributed by atoms with Gasteiger partial charge in [0, 0.05) is 24.5 Å². The van der Waals surface area contributed by atoms with E-state index in [1.807, 2.05) is 12.1 Å². The van der Waals surface area contributed by atoms with Crippen LogP contribution in [-0.4, -0.2) is 47.7 Å². The molecular weight excluding hydrogens is 222 g/mol. The monoisotopic (exact) mass is 241 g/mol. The lowest BCUT2D eigenvalue weighted by Crippen LogP contribution is -2.29. The van der Waals surface area contributed by atoms with Crippen molar-refractivity contribution in [3.63, 3.8) is 0 Å². The van der Waals surface area contributed by atoms with Crippen molar-refractivity contribution in [2.24, 2.45) is 0 Å². The fourth-order valence-electron chi connectivity index (χ4n) is 1.63. The molecule has 0 aromatic heterocycles. The van der Waals surface area contributed by atoms with Crippen LogP contribution in [0.4, 0.5) is 0 Å². The highest BCUT2D eigenvalue weighted by Crippen LogP contribution is 2.21. The number of aliphatic hydroxyl groups excluding tert-OH is 2. The molecule has 0 aliphatic heterocycles. The summed E-state index contributed by atoms with van der Waals surface area (Å²) in [5, 5.41) is 17.9. The van der Waals surface area contributed by atoms with Crippen molar-refractivity contribution in [3.05, 3.63) is 29.8 Å². The van der Waals surface area contributed by atoms with E-state index in [4.69, 9.17) is 10.2 Å². The summed E-state index contributed by atoms with van der Waals surface area (Å²) < 4.78 is 0. The summed E-state index contributed by atoms with van der Waals surface area (Å²) in [6.45, 7) is 2.23. The zero-order chi connectivity index (χ0) is 11.8. The Morgan fingerprint density at radius 2 is 1.75 bits per heavy atom. The van der Waals surface area contributed by atoms with Crippen molar-refractivity contribution >= 4 is 11.8 Å². The molecule has 0 radical (unpaired) electrons. The van der Waals surface area contributed by atoms with Crippen LogP contribution in [0.25, 0.3) is 0 Å². The zero-order valence-electron chi connectivity index (χ0n) is 9.59. The van der Waals surface area contributed by atoms with E-state index < -0.39 is 0 Å². The fraction of sp³-hybridized carbons (Fsp3) is 0.500. The molecule has 0 saturated heterocycles. The van der Waals surface area contributed by atoms with Gasteiger partial charge in [-0.3, -0.25) is 4.90 Å². The molecule has 1 aromatic rings. The van der Waals surface area contributed by atoms with E-state index in [-0.39, 0.29) is 13.2 Å². The molecule has 0 spiro atoms. The maximum atomic E-state index is 8.94. The number of nitrogens with zero attached hydrogens (tertiary/aromatic N) is 1. The van der Waals surface area contributed by atoms with Crippen molar-refractivity contribution in [1.29, 1.82) is 0 Å². The Labute approximate surface area is 101 Å². The molecule has 0 bridgehead atoms. The van der Waals surface area contributed by atoms with Crippen LogP contribution in [0, 0.1) is 0 Å². The Morgan fingerprint density at radius 1 is 1.12 bits per heavy atom. The highest BCUT2D eigenvalue weighted by Gasteiger charge is 2.07. The molecule has 90 valence electrons. The van der Waals surface area contributed by atoms with E-state index in [0.717, 1.165) is 6.54 Å². The van der Waals surface area contributed by atoms with Crippen LogP contribution in [0.15, 0.2) is 29.2 Å². The summed E-state index contributed by atoms with van der Waals surface area (Å²) >= 11 is 1.72. The first-order chi connectivity index (χ1) is 7.81. The van der Waals surface area contributed by atoms with Gasteiger partial charge in [-0.05, 0) is 17.9 Å². The first-order valence-corrected chi connectivity index (χ1v) is 6.60. The number of hydrogen-bond donors (Lipinski definition) is 2. The molecule has 0 fully saturated rings. The largest absolute Gasteiger partial charge is 0.395 e. The Bertz CT molecular complexity index is 301. The maximum absolute atomic E-state index is 8.94. The van der Waals surface area contributed by atoms with Crippen LogP contribution in [0.1, 0.15) is 5.56 Å². The minimum Gasteiger partial charge on any atom is -0.395 e. The molecule has 0 amide bonds. The van der Waals surface area contributed by atoms with Crippen LogP contribution in [0.2, 0.25) is 0 Å². The third-order valence-corrected chi connectivity index (χ3v) is 3.26. The summed E-state index contributed by atoms with van der Waals surface area (Å²) in [4.78, 5) is 3.30. The lowest BCUT2D eigenvalue weighted by molar-refractivity contribution is 0.155. The van der Waals surface area contributed by atoms with Gasteiger partial charge in [0.05, 0.1) is 13.2 Å². The molecule has 2 N–H and O–H groups in total. The number of aliphatic hydroxyl groups is 2. The van der Waals surface area contributed by atoms with Gasteiger partial charge in [0.1, 0.15) is 0 Å². The SMILES string of the molecule is CSc1ccccc1CN(CCO)CCO. The molecule has 0 unspecified atom stereocenters. The second-order valence-corrected chi connectivity index (χ2v) is 4.38. The van der Waals surface area contributed by atoms with Gasteiger partial charge in [-0.1, -0.05) is 18.2 Å². The average molecular weight is 241 g/mol. The van der Waals surface area contributed by atoms with Gasteiger partial charge >= 0.3 is 0 Å². The fourth-order valence-corrected chi connectivity index (χ4v) is 2.24. The van der Waals surface area contributed by atoms with Crippen LogP contribution in [0.5, 0.6) is 0 Å². The number of thioether (sulfide) groups is 1. The maximum Gasteiger partial charge on any atom is 0.0558 e.